The number of nitrogens with one attached hydrogen (secondary N) is 1. The number of ether oxygens (including phenoxy) is 2. The molecule has 0 radical (unpaired) electrons. The molecule has 0 amide bonds. The summed E-state index contributed by atoms with van der Waals surface area (Å²) in [5.41, 5.74) is 0. The summed E-state index contributed by atoms with van der Waals surface area (Å²) in [4.78, 5) is 2.54. The molecular formula is C12H26N2O2. The van der Waals surface area contributed by atoms with Gasteiger partial charge < -0.3 is 19.7 Å². The summed E-state index contributed by atoms with van der Waals surface area (Å²) in [5.74, 6) is 0. The second kappa shape index (κ2) is 8.93. The summed E-state index contributed by atoms with van der Waals surface area (Å²) < 4.78 is 10.3. The molecule has 0 aliphatic carbocycles. The lowest BCUT2D eigenvalue weighted by molar-refractivity contribution is 0.0679. The van der Waals surface area contributed by atoms with E-state index in [-0.39, 0.29) is 0 Å². The van der Waals surface area contributed by atoms with E-state index in [9.17, 15) is 0 Å². The minimum atomic E-state index is 0.704. The molecule has 1 heterocycles. The third-order valence-corrected chi connectivity index (χ3v) is 3.13. The van der Waals surface area contributed by atoms with Crippen LogP contribution in [0.4, 0.5) is 0 Å². The number of likely N-dealkylation sites (tertiary alicyclic amines) is 1. The highest BCUT2D eigenvalue weighted by atomic mass is 16.5. The van der Waals surface area contributed by atoms with Crippen LogP contribution < -0.4 is 5.32 Å². The van der Waals surface area contributed by atoms with Crippen LogP contribution in [-0.2, 0) is 9.47 Å². The number of unbranched alkanes of at least 4 members (excludes halogenated alkanes) is 1. The van der Waals surface area contributed by atoms with Gasteiger partial charge in [0.1, 0.15) is 0 Å². The molecule has 4 nitrogen and oxygen atoms in total. The third-order valence-electron chi connectivity index (χ3n) is 3.13. The molecular weight excluding hydrogens is 204 g/mol. The van der Waals surface area contributed by atoms with Gasteiger partial charge in [0, 0.05) is 26.3 Å². The molecule has 1 saturated heterocycles. The molecule has 1 fully saturated rings. The Bertz CT molecular complexity index is 167. The Balaban J connectivity index is 1.84. The van der Waals surface area contributed by atoms with E-state index in [2.05, 4.69) is 17.3 Å². The fraction of sp³-hybridized carbons (Fsp3) is 1.00. The van der Waals surface area contributed by atoms with Gasteiger partial charge in [-0.3, -0.25) is 0 Å². The summed E-state index contributed by atoms with van der Waals surface area (Å²) in [6.07, 6.45) is 3.69. The lowest BCUT2D eigenvalue weighted by Gasteiger charge is -2.15. The van der Waals surface area contributed by atoms with Gasteiger partial charge in [0.2, 0.25) is 0 Å². The first-order valence-electron chi connectivity index (χ1n) is 6.33. The number of hydrogen-bond acceptors (Lipinski definition) is 4. The fourth-order valence-corrected chi connectivity index (χ4v) is 2.06. The molecule has 1 aliphatic heterocycles. The minimum absolute atomic E-state index is 0.704. The molecule has 1 rings (SSSR count). The Kier molecular flexibility index (Phi) is 7.76. The summed E-state index contributed by atoms with van der Waals surface area (Å²) in [6, 6.07) is 0.706. The molecule has 1 unspecified atom stereocenters. The molecule has 0 aromatic carbocycles. The second-order valence-corrected chi connectivity index (χ2v) is 4.39. The highest BCUT2D eigenvalue weighted by Crippen LogP contribution is 2.09. The predicted molar refractivity (Wildman–Crippen MR) is 65.8 cm³/mol. The van der Waals surface area contributed by atoms with E-state index in [1.165, 1.54) is 32.5 Å². The Labute approximate surface area is 99.3 Å². The molecule has 96 valence electrons. The van der Waals surface area contributed by atoms with E-state index in [4.69, 9.17) is 9.47 Å². The normalized spacial score (nSPS) is 21.8. The Hall–Kier alpha value is -0.160. The van der Waals surface area contributed by atoms with Gasteiger partial charge >= 0.3 is 0 Å². The predicted octanol–water partition coefficient (Wildman–Crippen LogP) is 0.723. The summed E-state index contributed by atoms with van der Waals surface area (Å²) >= 11 is 0. The molecule has 0 bridgehead atoms. The highest BCUT2D eigenvalue weighted by Gasteiger charge is 2.19. The molecule has 1 aliphatic rings. The van der Waals surface area contributed by atoms with Crippen LogP contribution in [0.25, 0.3) is 0 Å². The summed E-state index contributed by atoms with van der Waals surface area (Å²) in [6.45, 7) is 5.97. The van der Waals surface area contributed by atoms with Crippen LogP contribution in [-0.4, -0.2) is 64.6 Å². The number of methoxy groups -OCH3 is 1. The molecule has 1 N–H and O–H groups in total. The zero-order chi connectivity index (χ0) is 11.6. The first kappa shape index (κ1) is 13.9. The smallest absolute Gasteiger partial charge is 0.0700 e. The quantitative estimate of drug-likeness (QED) is 0.592. The number of likely N-dealkylation sites (N-methyl/N-ethyl adjacent to an activating group) is 1. The maximum Gasteiger partial charge on any atom is 0.0700 e. The van der Waals surface area contributed by atoms with Crippen LogP contribution in [0, 0.1) is 0 Å². The molecule has 4 heteroatoms. The standard InChI is InChI=1S/C12H26N2O2/c1-13-12-5-7-14(11-12)6-3-4-8-16-10-9-15-2/h12-13H,3-11H2,1-2H3. The largest absolute Gasteiger partial charge is 0.382 e. The molecule has 0 spiro atoms. The maximum atomic E-state index is 5.43. The van der Waals surface area contributed by atoms with Crippen LogP contribution in [0.3, 0.4) is 0 Å². The average Bonchev–Trinajstić information content (AvgIpc) is 2.76. The van der Waals surface area contributed by atoms with Gasteiger partial charge in [-0.25, -0.2) is 0 Å². The van der Waals surface area contributed by atoms with E-state index in [0.717, 1.165) is 19.6 Å². The first-order valence-corrected chi connectivity index (χ1v) is 6.33. The van der Waals surface area contributed by atoms with Crippen molar-refractivity contribution < 1.29 is 9.47 Å². The topological polar surface area (TPSA) is 33.7 Å². The second-order valence-electron chi connectivity index (χ2n) is 4.39. The molecule has 0 saturated carbocycles. The highest BCUT2D eigenvalue weighted by molar-refractivity contribution is 4.79. The van der Waals surface area contributed by atoms with Crippen molar-refractivity contribution in [3.05, 3.63) is 0 Å². The fourth-order valence-electron chi connectivity index (χ4n) is 2.06. The molecule has 0 aromatic heterocycles. The van der Waals surface area contributed by atoms with Crippen LogP contribution >= 0.6 is 0 Å². The van der Waals surface area contributed by atoms with Crippen molar-refractivity contribution in [1.82, 2.24) is 10.2 Å². The van der Waals surface area contributed by atoms with Crippen LogP contribution in [0.15, 0.2) is 0 Å². The van der Waals surface area contributed by atoms with Gasteiger partial charge in [0.15, 0.2) is 0 Å². The lowest BCUT2D eigenvalue weighted by atomic mass is 10.3. The van der Waals surface area contributed by atoms with Crippen LogP contribution in [0.5, 0.6) is 0 Å². The zero-order valence-corrected chi connectivity index (χ0v) is 10.7. The van der Waals surface area contributed by atoms with Crippen molar-refractivity contribution in [2.45, 2.75) is 25.3 Å². The van der Waals surface area contributed by atoms with Gasteiger partial charge in [-0.15, -0.1) is 0 Å². The van der Waals surface area contributed by atoms with Crippen LogP contribution in [0.1, 0.15) is 19.3 Å². The molecule has 0 aromatic rings. The van der Waals surface area contributed by atoms with Crippen LogP contribution in [0.2, 0.25) is 0 Å². The molecule has 1 atom stereocenters. The maximum absolute atomic E-state index is 5.43. The van der Waals surface area contributed by atoms with E-state index in [1.54, 1.807) is 7.11 Å². The number of nitrogens with zero attached hydrogens (tertiary/aromatic N) is 1. The monoisotopic (exact) mass is 230 g/mol. The van der Waals surface area contributed by atoms with E-state index < -0.39 is 0 Å². The van der Waals surface area contributed by atoms with Crippen molar-refractivity contribution in [3.8, 4) is 0 Å². The van der Waals surface area contributed by atoms with Gasteiger partial charge in [-0.2, -0.15) is 0 Å². The van der Waals surface area contributed by atoms with Crippen molar-refractivity contribution in [2.75, 3.05) is 53.6 Å². The van der Waals surface area contributed by atoms with E-state index in [1.807, 2.05) is 0 Å². The van der Waals surface area contributed by atoms with E-state index >= 15 is 0 Å². The van der Waals surface area contributed by atoms with Gasteiger partial charge in [-0.1, -0.05) is 0 Å². The zero-order valence-electron chi connectivity index (χ0n) is 10.7. The third kappa shape index (κ3) is 5.80. The first-order chi connectivity index (χ1) is 7.86. The number of rotatable bonds is 9. The number of hydrogen-bond donors (Lipinski definition) is 1. The Morgan fingerprint density at radius 2 is 2.12 bits per heavy atom. The van der Waals surface area contributed by atoms with Gasteiger partial charge in [0.25, 0.3) is 0 Å². The lowest BCUT2D eigenvalue weighted by Crippen LogP contribution is -2.30. The van der Waals surface area contributed by atoms with E-state index in [0.29, 0.717) is 12.6 Å². The minimum Gasteiger partial charge on any atom is -0.382 e. The van der Waals surface area contributed by atoms with Crippen molar-refractivity contribution in [3.63, 3.8) is 0 Å². The Morgan fingerprint density at radius 3 is 2.81 bits per heavy atom. The van der Waals surface area contributed by atoms with Crippen molar-refractivity contribution >= 4 is 0 Å². The summed E-state index contributed by atoms with van der Waals surface area (Å²) in [5, 5.41) is 3.34. The average molecular weight is 230 g/mol. The SMILES string of the molecule is CNC1CCN(CCCCOCCOC)C1. The summed E-state index contributed by atoms with van der Waals surface area (Å²) in [7, 11) is 3.76. The van der Waals surface area contributed by atoms with Gasteiger partial charge in [-0.05, 0) is 39.4 Å². The Morgan fingerprint density at radius 1 is 1.25 bits per heavy atom. The van der Waals surface area contributed by atoms with Crippen molar-refractivity contribution in [1.29, 1.82) is 0 Å². The van der Waals surface area contributed by atoms with Crippen molar-refractivity contribution in [2.24, 2.45) is 0 Å². The molecule has 16 heavy (non-hydrogen) atoms. The van der Waals surface area contributed by atoms with Gasteiger partial charge in [0.05, 0.1) is 13.2 Å².